The lowest BCUT2D eigenvalue weighted by molar-refractivity contribution is -0.323. The lowest BCUT2D eigenvalue weighted by atomic mass is 9.92. The van der Waals surface area contributed by atoms with Crippen LogP contribution in [-0.4, -0.2) is 111 Å². The molecule has 9 N–H and O–H groups in total. The number of rotatable bonds is 10. The zero-order chi connectivity index (χ0) is 33.2. The van der Waals surface area contributed by atoms with Crippen molar-refractivity contribution < 1.29 is 50.4 Å². The molecule has 1 aliphatic carbocycles. The number of carbonyl (C=O) groups excluding carboxylic acids is 1. The van der Waals surface area contributed by atoms with E-state index >= 15 is 0 Å². The second kappa shape index (κ2) is 13.3. The van der Waals surface area contributed by atoms with Crippen molar-refractivity contribution in [1.82, 2.24) is 44.8 Å². The Bertz CT molecular complexity index is 1650. The van der Waals surface area contributed by atoms with E-state index in [1.165, 1.54) is 17.3 Å². The van der Waals surface area contributed by atoms with Gasteiger partial charge in [-0.05, 0) is 25.7 Å². The highest BCUT2D eigenvalue weighted by atomic mass is 16.7. The van der Waals surface area contributed by atoms with Crippen molar-refractivity contribution in [2.24, 2.45) is 7.05 Å². The number of carbonyl (C=O) groups is 1. The predicted molar refractivity (Wildman–Crippen MR) is 152 cm³/mol. The first kappa shape index (κ1) is 32.6. The van der Waals surface area contributed by atoms with Gasteiger partial charge >= 0.3 is 18.0 Å². The van der Waals surface area contributed by atoms with E-state index in [-0.39, 0.29) is 11.8 Å². The number of aromatic nitrogens is 8. The maximum atomic E-state index is 13.2. The lowest BCUT2D eigenvalue weighted by Crippen LogP contribution is -2.50. The van der Waals surface area contributed by atoms with Crippen molar-refractivity contribution >= 4 is 11.8 Å². The average molecular weight is 645 g/mol. The summed E-state index contributed by atoms with van der Waals surface area (Å²) >= 11 is 0. The van der Waals surface area contributed by atoms with Gasteiger partial charge in [0.2, 0.25) is 0 Å². The van der Waals surface area contributed by atoms with Crippen molar-refractivity contribution in [1.29, 1.82) is 0 Å². The van der Waals surface area contributed by atoms with E-state index in [1.54, 1.807) is 24.1 Å². The Morgan fingerprint density at radius 1 is 1.02 bits per heavy atom. The van der Waals surface area contributed by atoms with Crippen molar-refractivity contribution in [3.63, 3.8) is 0 Å². The Morgan fingerprint density at radius 2 is 1.76 bits per heavy atom. The van der Waals surface area contributed by atoms with Crippen molar-refractivity contribution in [3.05, 3.63) is 42.7 Å². The predicted octanol–water partition coefficient (Wildman–Crippen LogP) is -2.02. The van der Waals surface area contributed by atoms with Gasteiger partial charge in [-0.1, -0.05) is 0 Å². The van der Waals surface area contributed by atoms with Crippen molar-refractivity contribution in [2.75, 3.05) is 11.4 Å². The lowest BCUT2D eigenvalue weighted by Gasteiger charge is -2.36. The molecule has 1 fully saturated rings. The van der Waals surface area contributed by atoms with Gasteiger partial charge in [-0.2, -0.15) is 15.2 Å². The molecular formula is C26H32N10O10. The van der Waals surface area contributed by atoms with Crippen LogP contribution in [0.5, 0.6) is 11.8 Å². The molecule has 246 valence electrons. The third kappa shape index (κ3) is 7.34. The van der Waals surface area contributed by atoms with Gasteiger partial charge in [0.15, 0.2) is 23.6 Å². The summed E-state index contributed by atoms with van der Waals surface area (Å²) in [6.07, 6.45) is 5.25. The van der Waals surface area contributed by atoms with Gasteiger partial charge in [-0.3, -0.25) is 14.6 Å². The molecule has 0 bridgehead atoms. The number of aliphatic hydroxyl groups is 7. The topological polar surface area (TPSA) is 291 Å². The van der Waals surface area contributed by atoms with E-state index in [2.05, 4.69) is 35.5 Å². The fourth-order valence-electron chi connectivity index (χ4n) is 4.96. The van der Waals surface area contributed by atoms with Crippen LogP contribution in [-0.2, 0) is 13.0 Å². The fourth-order valence-corrected chi connectivity index (χ4v) is 4.96. The molecule has 5 rings (SSSR count). The number of nitrogens with zero attached hydrogens (tertiary/aromatic N) is 9. The number of nitrogens with one attached hydrogen (secondary N) is 1. The van der Waals surface area contributed by atoms with Crippen molar-refractivity contribution in [2.45, 2.75) is 56.5 Å². The van der Waals surface area contributed by atoms with Crippen LogP contribution in [0.1, 0.15) is 37.7 Å². The standard InChI is InChI=1S/C26H32N10O10/c1-34-11-13(6-31-34)17-8-28-19(9-27-17)36(24(40)30-10-20(38)39)14-2-4-15(5-3-14)46-23-29-7-16(26(43,44)45)21(32-23)22-18(37)12-35(33-22)25(41)42/h6-9,11-12,14-15,20,25,37-39,41-45H,2-5,10H2,1H3,(H,30,40). The number of amides is 2. The van der Waals surface area contributed by atoms with Gasteiger partial charge in [-0.15, -0.1) is 0 Å². The summed E-state index contributed by atoms with van der Waals surface area (Å²) in [6, 6.07) is -1.27. The molecule has 4 aromatic heterocycles. The largest absolute Gasteiger partial charge is 0.504 e. The highest BCUT2D eigenvalue weighted by molar-refractivity contribution is 5.91. The van der Waals surface area contributed by atoms with Crippen LogP contribution < -0.4 is 15.0 Å². The number of hydrogen-bond donors (Lipinski definition) is 9. The molecule has 1 aliphatic rings. The Balaban J connectivity index is 1.33. The van der Waals surface area contributed by atoms with Gasteiger partial charge in [0, 0.05) is 31.0 Å². The van der Waals surface area contributed by atoms with Gasteiger partial charge in [0.05, 0.1) is 42.6 Å². The average Bonchev–Trinajstić information content (AvgIpc) is 3.62. The number of urea groups is 1. The number of anilines is 1. The number of aromatic hydroxyl groups is 1. The maximum Gasteiger partial charge on any atom is 0.323 e. The molecule has 4 heterocycles. The summed E-state index contributed by atoms with van der Waals surface area (Å²) < 4.78 is 8.09. The van der Waals surface area contributed by atoms with E-state index in [1.807, 2.05) is 0 Å². The van der Waals surface area contributed by atoms with Crippen LogP contribution in [0.2, 0.25) is 0 Å². The SMILES string of the molecule is Cn1cc(-c2cnc(N(C(=O)NCC(O)O)C3CCC(Oc4ncc(C(O)(O)O)c(-c5nn(C(O)O)cc5O)n4)CC3)cn2)cn1. The summed E-state index contributed by atoms with van der Waals surface area (Å²) in [4.78, 5) is 31.4. The number of hydrogen-bond acceptors (Lipinski definition) is 16. The molecule has 0 aromatic carbocycles. The van der Waals surface area contributed by atoms with Crippen LogP contribution in [0, 0.1) is 0 Å². The van der Waals surface area contributed by atoms with E-state index in [4.69, 9.17) is 4.74 Å². The molecule has 20 nitrogen and oxygen atoms in total. The normalized spacial score (nSPS) is 17.0. The van der Waals surface area contributed by atoms with Gasteiger partial charge in [0.25, 0.3) is 6.41 Å². The van der Waals surface area contributed by atoms with Gasteiger partial charge in [0.1, 0.15) is 11.8 Å². The van der Waals surface area contributed by atoms with Crippen LogP contribution in [0.15, 0.2) is 37.2 Å². The molecule has 46 heavy (non-hydrogen) atoms. The Labute approximate surface area is 259 Å². The second-order valence-electron chi connectivity index (χ2n) is 10.5. The van der Waals surface area contributed by atoms with Crippen molar-refractivity contribution in [3.8, 4) is 34.4 Å². The molecule has 0 atom stereocenters. The fraction of sp³-hybridized carbons (Fsp3) is 0.423. The Morgan fingerprint density at radius 3 is 2.33 bits per heavy atom. The highest BCUT2D eigenvalue weighted by Gasteiger charge is 2.34. The van der Waals surface area contributed by atoms with Crippen LogP contribution in [0.4, 0.5) is 10.6 Å². The smallest absolute Gasteiger partial charge is 0.323 e. The molecule has 2 amide bonds. The van der Waals surface area contributed by atoms with E-state index in [0.29, 0.717) is 36.1 Å². The third-order valence-corrected chi connectivity index (χ3v) is 7.12. The molecule has 20 heteroatoms. The first-order chi connectivity index (χ1) is 21.8. The first-order valence-corrected chi connectivity index (χ1v) is 13.9. The van der Waals surface area contributed by atoms with E-state index < -0.39 is 66.1 Å². The molecule has 0 spiro atoms. The summed E-state index contributed by atoms with van der Waals surface area (Å²) in [5, 5.41) is 87.3. The second-order valence-corrected chi connectivity index (χ2v) is 10.5. The molecule has 1 saturated carbocycles. The Hall–Kier alpha value is -4.83. The minimum absolute atomic E-state index is 0.234. The minimum Gasteiger partial charge on any atom is -0.504 e. The maximum absolute atomic E-state index is 13.2. The molecule has 0 unspecified atom stereocenters. The summed E-state index contributed by atoms with van der Waals surface area (Å²) in [5.74, 6) is -3.82. The van der Waals surface area contributed by atoms with Crippen LogP contribution in [0.25, 0.3) is 22.6 Å². The Kier molecular flexibility index (Phi) is 9.39. The summed E-state index contributed by atoms with van der Waals surface area (Å²) in [6.45, 7) is -0.410. The monoisotopic (exact) mass is 644 g/mol. The third-order valence-electron chi connectivity index (χ3n) is 7.12. The zero-order valence-corrected chi connectivity index (χ0v) is 24.2. The van der Waals surface area contributed by atoms with E-state index in [9.17, 15) is 45.6 Å². The van der Waals surface area contributed by atoms with Crippen LogP contribution >= 0.6 is 0 Å². The van der Waals surface area contributed by atoms with Gasteiger partial charge in [-0.25, -0.2) is 19.4 Å². The molecule has 0 saturated heterocycles. The van der Waals surface area contributed by atoms with Gasteiger partial charge < -0.3 is 50.9 Å². The molecule has 4 aromatic rings. The summed E-state index contributed by atoms with van der Waals surface area (Å²) in [5.41, 5.74) is -0.272. The summed E-state index contributed by atoms with van der Waals surface area (Å²) in [7, 11) is 1.76. The van der Waals surface area contributed by atoms with Crippen LogP contribution in [0.3, 0.4) is 0 Å². The number of aryl methyl sites for hydroxylation is 1. The minimum atomic E-state index is -3.44. The molecule has 0 aliphatic heterocycles. The number of aliphatic hydroxyl groups excluding tert-OH is 2. The number of ether oxygens (including phenoxy) is 1. The van der Waals surface area contributed by atoms with E-state index in [0.717, 1.165) is 18.0 Å². The molecule has 0 radical (unpaired) electrons. The quantitative estimate of drug-likeness (QED) is 0.0842. The first-order valence-electron chi connectivity index (χ1n) is 13.9. The molecular weight excluding hydrogens is 612 g/mol. The zero-order valence-electron chi connectivity index (χ0n) is 24.2. The highest BCUT2D eigenvalue weighted by Crippen LogP contribution is 2.35.